The third-order valence-electron chi connectivity index (χ3n) is 3.56. The smallest absolute Gasteiger partial charge is 0.407 e. The first-order valence-corrected chi connectivity index (χ1v) is 7.70. The Labute approximate surface area is 126 Å². The SMILES string of the molecule is CC(C)(C)OC(=O)NCC1CCCCC1NCCC(=O)O. The summed E-state index contributed by atoms with van der Waals surface area (Å²) in [5.41, 5.74) is -0.490. The van der Waals surface area contributed by atoms with Gasteiger partial charge in [-0.1, -0.05) is 12.8 Å². The molecule has 0 bridgehead atoms. The molecule has 0 aromatic carbocycles. The lowest BCUT2D eigenvalue weighted by Gasteiger charge is -2.32. The lowest BCUT2D eigenvalue weighted by molar-refractivity contribution is -0.136. The van der Waals surface area contributed by atoms with Gasteiger partial charge in [0, 0.05) is 19.1 Å². The van der Waals surface area contributed by atoms with Gasteiger partial charge in [0.25, 0.3) is 0 Å². The molecule has 6 heteroatoms. The van der Waals surface area contributed by atoms with Crippen molar-refractivity contribution in [1.82, 2.24) is 10.6 Å². The summed E-state index contributed by atoms with van der Waals surface area (Å²) in [7, 11) is 0. The van der Waals surface area contributed by atoms with Gasteiger partial charge >= 0.3 is 12.1 Å². The molecule has 1 fully saturated rings. The molecule has 0 saturated heterocycles. The predicted molar refractivity (Wildman–Crippen MR) is 80.2 cm³/mol. The number of carbonyl (C=O) groups is 2. The molecule has 0 spiro atoms. The van der Waals surface area contributed by atoms with Crippen molar-refractivity contribution in [3.8, 4) is 0 Å². The summed E-state index contributed by atoms with van der Waals surface area (Å²) in [4.78, 5) is 22.2. The number of hydrogen-bond donors (Lipinski definition) is 3. The van der Waals surface area contributed by atoms with Crippen LogP contribution in [0.25, 0.3) is 0 Å². The number of rotatable bonds is 6. The van der Waals surface area contributed by atoms with E-state index in [0.717, 1.165) is 25.7 Å². The molecule has 122 valence electrons. The van der Waals surface area contributed by atoms with Crippen LogP contribution < -0.4 is 10.6 Å². The lowest BCUT2D eigenvalue weighted by atomic mass is 9.84. The fourth-order valence-corrected chi connectivity index (χ4v) is 2.61. The first kappa shape index (κ1) is 17.8. The van der Waals surface area contributed by atoms with Crippen LogP contribution in [-0.4, -0.2) is 41.9 Å². The minimum Gasteiger partial charge on any atom is -0.481 e. The van der Waals surface area contributed by atoms with Crippen LogP contribution in [-0.2, 0) is 9.53 Å². The van der Waals surface area contributed by atoms with Gasteiger partial charge in [0.15, 0.2) is 0 Å². The normalized spacial score (nSPS) is 22.6. The van der Waals surface area contributed by atoms with Crippen molar-refractivity contribution < 1.29 is 19.4 Å². The molecule has 0 heterocycles. The van der Waals surface area contributed by atoms with Gasteiger partial charge in [-0.25, -0.2) is 4.79 Å². The number of carbonyl (C=O) groups excluding carboxylic acids is 1. The summed E-state index contributed by atoms with van der Waals surface area (Å²) < 4.78 is 5.23. The van der Waals surface area contributed by atoms with Gasteiger partial charge in [0.1, 0.15) is 5.60 Å². The largest absolute Gasteiger partial charge is 0.481 e. The number of nitrogens with one attached hydrogen (secondary N) is 2. The maximum absolute atomic E-state index is 11.7. The Balaban J connectivity index is 2.35. The second kappa shape index (κ2) is 8.22. The van der Waals surface area contributed by atoms with E-state index in [0.29, 0.717) is 19.0 Å². The van der Waals surface area contributed by atoms with E-state index < -0.39 is 17.7 Å². The minimum atomic E-state index is -0.790. The molecule has 0 aromatic rings. The van der Waals surface area contributed by atoms with Crippen LogP contribution in [0.1, 0.15) is 52.9 Å². The van der Waals surface area contributed by atoms with E-state index in [9.17, 15) is 9.59 Å². The second-order valence-corrected chi connectivity index (χ2v) is 6.63. The Bertz CT molecular complexity index is 352. The van der Waals surface area contributed by atoms with Gasteiger partial charge in [-0.15, -0.1) is 0 Å². The van der Waals surface area contributed by atoms with E-state index in [-0.39, 0.29) is 12.5 Å². The molecule has 0 aliphatic heterocycles. The zero-order valence-electron chi connectivity index (χ0n) is 13.3. The molecule has 0 aromatic heterocycles. The minimum absolute atomic E-state index is 0.128. The van der Waals surface area contributed by atoms with Crippen molar-refractivity contribution >= 4 is 12.1 Å². The van der Waals surface area contributed by atoms with Crippen molar-refractivity contribution in [2.45, 2.75) is 64.5 Å². The lowest BCUT2D eigenvalue weighted by Crippen LogP contribution is -2.45. The van der Waals surface area contributed by atoms with Crippen molar-refractivity contribution in [3.63, 3.8) is 0 Å². The molecule has 1 aliphatic carbocycles. The molecule has 1 aliphatic rings. The van der Waals surface area contributed by atoms with Crippen molar-refractivity contribution in [2.75, 3.05) is 13.1 Å². The number of aliphatic carboxylic acids is 1. The summed E-state index contributed by atoms with van der Waals surface area (Å²) in [5.74, 6) is -0.457. The number of amides is 1. The topological polar surface area (TPSA) is 87.7 Å². The maximum atomic E-state index is 11.7. The van der Waals surface area contributed by atoms with Gasteiger partial charge in [-0.2, -0.15) is 0 Å². The number of alkyl carbamates (subject to hydrolysis) is 1. The summed E-state index contributed by atoms with van der Waals surface area (Å²) in [6, 6.07) is 0.271. The first-order valence-electron chi connectivity index (χ1n) is 7.70. The highest BCUT2D eigenvalue weighted by molar-refractivity contribution is 5.67. The van der Waals surface area contributed by atoms with Crippen LogP contribution in [0.3, 0.4) is 0 Å². The number of carboxylic acid groups (broad SMARTS) is 1. The third kappa shape index (κ3) is 7.90. The van der Waals surface area contributed by atoms with Gasteiger partial charge in [-0.05, 0) is 39.5 Å². The summed E-state index contributed by atoms with van der Waals surface area (Å²) in [6.07, 6.45) is 4.10. The van der Waals surface area contributed by atoms with Crippen LogP contribution >= 0.6 is 0 Å². The number of hydrogen-bond acceptors (Lipinski definition) is 4. The van der Waals surface area contributed by atoms with Gasteiger partial charge in [0.2, 0.25) is 0 Å². The van der Waals surface area contributed by atoms with Crippen LogP contribution in [0.5, 0.6) is 0 Å². The highest BCUT2D eigenvalue weighted by Gasteiger charge is 2.26. The molecule has 1 saturated carbocycles. The Kier molecular flexibility index (Phi) is 6.95. The van der Waals surface area contributed by atoms with E-state index in [4.69, 9.17) is 9.84 Å². The highest BCUT2D eigenvalue weighted by Crippen LogP contribution is 2.24. The van der Waals surface area contributed by atoms with Crippen LogP contribution in [0.2, 0.25) is 0 Å². The average Bonchev–Trinajstić information content (AvgIpc) is 2.35. The van der Waals surface area contributed by atoms with Gasteiger partial charge in [0.05, 0.1) is 6.42 Å². The monoisotopic (exact) mass is 300 g/mol. The predicted octanol–water partition coefficient (Wildman–Crippen LogP) is 2.13. The molecule has 2 atom stereocenters. The fraction of sp³-hybridized carbons (Fsp3) is 0.867. The van der Waals surface area contributed by atoms with Gasteiger partial charge in [-0.3, -0.25) is 4.79 Å². The molecular weight excluding hydrogens is 272 g/mol. The van der Waals surface area contributed by atoms with E-state index in [2.05, 4.69) is 10.6 Å². The van der Waals surface area contributed by atoms with Crippen LogP contribution in [0.4, 0.5) is 4.79 Å². The Morgan fingerprint density at radius 1 is 1.24 bits per heavy atom. The number of ether oxygens (including phenoxy) is 1. The number of carboxylic acids is 1. The molecule has 1 amide bonds. The van der Waals surface area contributed by atoms with E-state index >= 15 is 0 Å². The highest BCUT2D eigenvalue weighted by atomic mass is 16.6. The van der Waals surface area contributed by atoms with Gasteiger partial charge < -0.3 is 20.5 Å². The molecule has 2 unspecified atom stereocenters. The van der Waals surface area contributed by atoms with Crippen LogP contribution in [0.15, 0.2) is 0 Å². The van der Waals surface area contributed by atoms with Crippen LogP contribution in [0, 0.1) is 5.92 Å². The second-order valence-electron chi connectivity index (χ2n) is 6.63. The maximum Gasteiger partial charge on any atom is 0.407 e. The zero-order chi connectivity index (χ0) is 15.9. The Hall–Kier alpha value is -1.30. The molecule has 1 rings (SSSR count). The average molecular weight is 300 g/mol. The van der Waals surface area contributed by atoms with E-state index in [1.54, 1.807) is 0 Å². The van der Waals surface area contributed by atoms with Crippen molar-refractivity contribution in [2.24, 2.45) is 5.92 Å². The standard InChI is InChI=1S/C15H28N2O4/c1-15(2,3)21-14(20)17-10-11-6-4-5-7-12(11)16-9-8-13(18)19/h11-12,16H,4-10H2,1-3H3,(H,17,20)(H,18,19). The Morgan fingerprint density at radius 3 is 2.52 bits per heavy atom. The van der Waals surface area contributed by atoms with Crippen molar-refractivity contribution in [3.05, 3.63) is 0 Å². The van der Waals surface area contributed by atoms with E-state index in [1.165, 1.54) is 0 Å². The molecule has 6 nitrogen and oxygen atoms in total. The first-order chi connectivity index (χ1) is 9.78. The van der Waals surface area contributed by atoms with E-state index in [1.807, 2.05) is 20.8 Å². The van der Waals surface area contributed by atoms with Crippen molar-refractivity contribution in [1.29, 1.82) is 0 Å². The Morgan fingerprint density at radius 2 is 1.90 bits per heavy atom. The zero-order valence-corrected chi connectivity index (χ0v) is 13.3. The fourth-order valence-electron chi connectivity index (χ4n) is 2.61. The summed E-state index contributed by atoms with van der Waals surface area (Å²) >= 11 is 0. The molecule has 21 heavy (non-hydrogen) atoms. The molecule has 3 N–H and O–H groups in total. The summed E-state index contributed by atoms with van der Waals surface area (Å²) in [5, 5.41) is 14.8. The summed E-state index contributed by atoms with van der Waals surface area (Å²) in [6.45, 7) is 6.55. The molecular formula is C15H28N2O4. The quantitative estimate of drug-likeness (QED) is 0.699. The third-order valence-corrected chi connectivity index (χ3v) is 3.56. The molecule has 0 radical (unpaired) electrons.